The molecule has 1 heterocycles. The molecule has 0 aliphatic carbocycles. The number of aliphatic carboxylic acids is 1. The van der Waals surface area contributed by atoms with Gasteiger partial charge in [-0.3, -0.25) is 0 Å². The number of nitrogens with one attached hydrogen (secondary N) is 1. The van der Waals surface area contributed by atoms with Gasteiger partial charge in [0.25, 0.3) is 0 Å². The van der Waals surface area contributed by atoms with E-state index in [0.29, 0.717) is 0 Å². The zero-order valence-corrected chi connectivity index (χ0v) is 10.4. The predicted octanol–water partition coefficient (Wildman–Crippen LogP) is 2.15. The Kier molecular flexibility index (Phi) is 3.26. The Balaban J connectivity index is 2.57. The van der Waals surface area contributed by atoms with E-state index in [9.17, 15) is 22.4 Å². The molecule has 1 aromatic rings. The second-order valence-corrected chi connectivity index (χ2v) is 4.61. The first kappa shape index (κ1) is 13.8. The highest BCUT2D eigenvalue weighted by Gasteiger charge is 2.46. The smallest absolute Gasteiger partial charge is 0.413 e. The number of halogens is 4. The summed E-state index contributed by atoms with van der Waals surface area (Å²) in [6, 6.07) is -0.143. The van der Waals surface area contributed by atoms with Crippen molar-refractivity contribution in [2.45, 2.75) is 12.2 Å². The van der Waals surface area contributed by atoms with Crippen LogP contribution in [0.5, 0.6) is 0 Å². The number of anilines is 1. The Morgan fingerprint density at radius 1 is 1.37 bits per heavy atom. The molecule has 0 bridgehead atoms. The third-order valence-electron chi connectivity index (χ3n) is 2.66. The van der Waals surface area contributed by atoms with Gasteiger partial charge in [-0.1, -0.05) is 0 Å². The zero-order chi connectivity index (χ0) is 14.4. The molecule has 2 rings (SSSR count). The molecule has 0 aromatic heterocycles. The van der Waals surface area contributed by atoms with E-state index >= 15 is 0 Å². The van der Waals surface area contributed by atoms with Crippen molar-refractivity contribution >= 4 is 32.3 Å². The van der Waals surface area contributed by atoms with Gasteiger partial charge in [0.1, 0.15) is 5.82 Å². The van der Waals surface area contributed by atoms with Crippen molar-refractivity contribution in [3.05, 3.63) is 29.1 Å². The van der Waals surface area contributed by atoms with Crippen LogP contribution in [-0.4, -0.2) is 23.3 Å². The molecule has 0 amide bonds. The van der Waals surface area contributed by atoms with Crippen LogP contribution >= 0.6 is 9.24 Å². The molecule has 2 unspecified atom stereocenters. The number of hydrogen-bond donors (Lipinski definition) is 2. The fourth-order valence-electron chi connectivity index (χ4n) is 1.78. The molecule has 0 fully saturated rings. The summed E-state index contributed by atoms with van der Waals surface area (Å²) in [6.07, 6.45) is -3.92. The first-order chi connectivity index (χ1) is 8.70. The van der Waals surface area contributed by atoms with Crippen molar-refractivity contribution in [2.75, 3.05) is 5.32 Å². The number of fused-ring (bicyclic) bond motifs is 1. The van der Waals surface area contributed by atoms with Crippen LogP contribution in [0.4, 0.5) is 23.2 Å². The lowest BCUT2D eigenvalue weighted by Crippen LogP contribution is -2.42. The average molecular weight is 293 g/mol. The van der Waals surface area contributed by atoms with Gasteiger partial charge < -0.3 is 10.4 Å². The Morgan fingerprint density at radius 3 is 2.53 bits per heavy atom. The van der Waals surface area contributed by atoms with Crippen LogP contribution in [0.1, 0.15) is 5.56 Å². The van der Waals surface area contributed by atoms with Gasteiger partial charge in [-0.05, 0) is 18.2 Å². The molecular formula is C11H8F4NO2P. The number of alkyl halides is 3. The van der Waals surface area contributed by atoms with Crippen LogP contribution in [-0.2, 0) is 4.79 Å². The molecule has 0 saturated heterocycles. The van der Waals surface area contributed by atoms with E-state index in [1.165, 1.54) is 6.07 Å². The van der Waals surface area contributed by atoms with Gasteiger partial charge >= 0.3 is 12.1 Å². The molecule has 0 radical (unpaired) electrons. The van der Waals surface area contributed by atoms with Crippen LogP contribution in [0.15, 0.2) is 17.7 Å². The molecule has 102 valence electrons. The van der Waals surface area contributed by atoms with E-state index in [4.69, 9.17) is 5.11 Å². The molecule has 1 aliphatic rings. The van der Waals surface area contributed by atoms with E-state index in [1.807, 2.05) is 0 Å². The van der Waals surface area contributed by atoms with E-state index in [-0.39, 0.29) is 16.6 Å². The highest BCUT2D eigenvalue weighted by molar-refractivity contribution is 7.27. The average Bonchev–Trinajstić information content (AvgIpc) is 2.27. The zero-order valence-electron chi connectivity index (χ0n) is 9.25. The summed E-state index contributed by atoms with van der Waals surface area (Å²) in [5, 5.41) is 11.0. The van der Waals surface area contributed by atoms with Crippen LogP contribution in [0.3, 0.4) is 0 Å². The Hall–Kier alpha value is -1.62. The van der Waals surface area contributed by atoms with Gasteiger partial charge in [-0.2, -0.15) is 13.2 Å². The third-order valence-corrected chi connectivity index (χ3v) is 3.11. The lowest BCUT2D eigenvalue weighted by molar-refractivity contribution is -0.146. The Bertz CT molecular complexity index is 583. The number of carboxylic acids is 1. The number of benzene rings is 1. The molecule has 2 atom stereocenters. The number of hydrogen-bond acceptors (Lipinski definition) is 2. The first-order valence-electron chi connectivity index (χ1n) is 5.07. The second-order valence-electron chi connectivity index (χ2n) is 3.98. The number of carbonyl (C=O) groups is 1. The molecule has 2 N–H and O–H groups in total. The minimum Gasteiger partial charge on any atom is -0.478 e. The van der Waals surface area contributed by atoms with E-state index in [0.717, 1.165) is 12.1 Å². The van der Waals surface area contributed by atoms with Crippen LogP contribution in [0.25, 0.3) is 6.08 Å². The molecule has 19 heavy (non-hydrogen) atoms. The van der Waals surface area contributed by atoms with Gasteiger partial charge in [-0.15, -0.1) is 9.24 Å². The SMILES string of the molecule is O=C(O)C1=Cc2cc(F)c(P)cc2NC1C(F)(F)F. The standard InChI is InChI=1S/C11H8F4NO2P/c12-6-2-4-1-5(10(17)18)9(11(13,14)15)16-7(4)3-8(6)19/h1-3,9,16H,19H2,(H,17,18). The van der Waals surface area contributed by atoms with Crippen molar-refractivity contribution in [3.8, 4) is 0 Å². The minimum atomic E-state index is -4.75. The van der Waals surface area contributed by atoms with Gasteiger partial charge in [0.05, 0.1) is 5.57 Å². The normalized spacial score (nSPS) is 18.4. The summed E-state index contributed by atoms with van der Waals surface area (Å²) in [4.78, 5) is 10.9. The summed E-state index contributed by atoms with van der Waals surface area (Å²) in [6.45, 7) is 0. The molecule has 1 aromatic carbocycles. The lowest BCUT2D eigenvalue weighted by atomic mass is 9.97. The summed E-state index contributed by atoms with van der Waals surface area (Å²) in [7, 11) is 2.05. The molecule has 0 saturated carbocycles. The molecule has 0 spiro atoms. The minimum absolute atomic E-state index is 0.0405. The van der Waals surface area contributed by atoms with E-state index < -0.39 is 29.6 Å². The molecule has 8 heteroatoms. The van der Waals surface area contributed by atoms with Crippen molar-refractivity contribution in [3.63, 3.8) is 0 Å². The monoisotopic (exact) mass is 293 g/mol. The van der Waals surface area contributed by atoms with Crippen molar-refractivity contribution in [2.24, 2.45) is 0 Å². The maximum Gasteiger partial charge on any atom is 0.413 e. The second kappa shape index (κ2) is 4.49. The molecule has 3 nitrogen and oxygen atoms in total. The fraction of sp³-hybridized carbons (Fsp3) is 0.182. The van der Waals surface area contributed by atoms with Gasteiger partial charge in [0.2, 0.25) is 0 Å². The topological polar surface area (TPSA) is 49.3 Å². The summed E-state index contributed by atoms with van der Waals surface area (Å²) >= 11 is 0. The van der Waals surface area contributed by atoms with Crippen LogP contribution in [0.2, 0.25) is 0 Å². The van der Waals surface area contributed by atoms with Crippen molar-refractivity contribution in [1.29, 1.82) is 0 Å². The summed E-state index contributed by atoms with van der Waals surface area (Å²) in [5.41, 5.74) is -0.753. The van der Waals surface area contributed by atoms with E-state index in [1.54, 1.807) is 0 Å². The number of rotatable bonds is 1. The quantitative estimate of drug-likeness (QED) is 0.616. The van der Waals surface area contributed by atoms with Crippen molar-refractivity contribution in [1.82, 2.24) is 0 Å². The van der Waals surface area contributed by atoms with Crippen LogP contribution < -0.4 is 10.6 Å². The maximum absolute atomic E-state index is 13.3. The fourth-order valence-corrected chi connectivity index (χ4v) is 2.03. The van der Waals surface area contributed by atoms with Gasteiger partial charge in [0.15, 0.2) is 6.04 Å². The Labute approximate surface area is 107 Å². The predicted molar refractivity (Wildman–Crippen MR) is 64.8 cm³/mol. The Morgan fingerprint density at radius 2 is 2.00 bits per heavy atom. The highest BCUT2D eigenvalue weighted by atomic mass is 31.0. The van der Waals surface area contributed by atoms with Crippen molar-refractivity contribution < 1.29 is 27.5 Å². The lowest BCUT2D eigenvalue weighted by Gasteiger charge is -2.28. The highest BCUT2D eigenvalue weighted by Crippen LogP contribution is 2.35. The molecule has 1 aliphatic heterocycles. The summed E-state index contributed by atoms with van der Waals surface area (Å²) < 4.78 is 51.7. The van der Waals surface area contributed by atoms with Crippen LogP contribution in [0, 0.1) is 5.82 Å². The van der Waals surface area contributed by atoms with Gasteiger partial charge in [-0.25, -0.2) is 9.18 Å². The third kappa shape index (κ3) is 2.56. The largest absolute Gasteiger partial charge is 0.478 e. The summed E-state index contributed by atoms with van der Waals surface area (Å²) in [5.74, 6) is -2.34. The van der Waals surface area contributed by atoms with E-state index in [2.05, 4.69) is 14.6 Å². The first-order valence-corrected chi connectivity index (χ1v) is 5.65. The maximum atomic E-state index is 13.3. The van der Waals surface area contributed by atoms with Gasteiger partial charge in [0, 0.05) is 16.6 Å². The number of carboxylic acid groups (broad SMARTS) is 1. The molecular weight excluding hydrogens is 285 g/mol.